The number of nitrogens with one attached hydrogen (secondary N) is 2. The van der Waals surface area contributed by atoms with Crippen molar-refractivity contribution in [3.05, 3.63) is 66.7 Å². The molecule has 0 bridgehead atoms. The van der Waals surface area contributed by atoms with E-state index in [1.807, 2.05) is 29.2 Å². The zero-order valence-corrected chi connectivity index (χ0v) is 17.2. The fraction of sp³-hybridized carbons (Fsp3) is 0.333. The number of para-hydroxylation sites is 2. The number of carbonyl (C=O) groups excluding carboxylic acids is 2. The van der Waals surface area contributed by atoms with Crippen molar-refractivity contribution in [2.75, 3.05) is 36.9 Å². The van der Waals surface area contributed by atoms with Crippen LogP contribution >= 0.6 is 0 Å². The molecule has 0 radical (unpaired) electrons. The first kappa shape index (κ1) is 21.4. The Morgan fingerprint density at radius 2 is 1.80 bits per heavy atom. The average molecular weight is 408 g/mol. The third-order valence-electron chi connectivity index (χ3n) is 4.97. The molecule has 30 heavy (non-hydrogen) atoms. The molecular formula is C24H29N3O3. The third kappa shape index (κ3) is 6.11. The number of ether oxygens (including phenoxy) is 1. The van der Waals surface area contributed by atoms with Crippen LogP contribution in [0.25, 0.3) is 0 Å². The van der Waals surface area contributed by atoms with E-state index in [0.717, 1.165) is 31.6 Å². The second-order valence-corrected chi connectivity index (χ2v) is 7.28. The first-order valence-electron chi connectivity index (χ1n) is 10.4. The number of hydrogen-bond donors (Lipinski definition) is 2. The molecule has 6 nitrogen and oxygen atoms in total. The van der Waals surface area contributed by atoms with Crippen molar-refractivity contribution in [3.8, 4) is 5.75 Å². The molecule has 2 aromatic carbocycles. The van der Waals surface area contributed by atoms with Gasteiger partial charge in [-0.25, -0.2) is 0 Å². The van der Waals surface area contributed by atoms with Crippen LogP contribution in [0.3, 0.4) is 0 Å². The summed E-state index contributed by atoms with van der Waals surface area (Å²) in [6.07, 6.45) is 6.12. The van der Waals surface area contributed by atoms with E-state index in [1.54, 1.807) is 30.3 Å². The summed E-state index contributed by atoms with van der Waals surface area (Å²) in [5, 5.41) is 5.95. The smallest absolute Gasteiger partial charge is 0.253 e. The normalized spacial score (nSPS) is 13.8. The standard InChI is InChI=1S/C24H29N3O3/c1-2-16-30-22-13-6-5-12-21(22)25-18-23(28)26-20-11-9-10-19(17-20)24(29)27-14-7-3-4-8-15-27/h2,5-6,9-13,17,25H,1,3-4,7-8,14-16,18H2,(H,26,28). The molecular weight excluding hydrogens is 378 g/mol. The zero-order chi connectivity index (χ0) is 21.2. The van der Waals surface area contributed by atoms with Gasteiger partial charge in [-0.3, -0.25) is 9.59 Å². The van der Waals surface area contributed by atoms with Crippen LogP contribution in [-0.2, 0) is 4.79 Å². The maximum Gasteiger partial charge on any atom is 0.253 e. The van der Waals surface area contributed by atoms with Crippen molar-refractivity contribution < 1.29 is 14.3 Å². The maximum absolute atomic E-state index is 12.8. The van der Waals surface area contributed by atoms with Crippen molar-refractivity contribution >= 4 is 23.2 Å². The molecule has 2 amide bonds. The van der Waals surface area contributed by atoms with E-state index in [4.69, 9.17) is 4.74 Å². The second kappa shape index (κ2) is 11.0. The molecule has 1 heterocycles. The van der Waals surface area contributed by atoms with Crippen molar-refractivity contribution in [1.29, 1.82) is 0 Å². The van der Waals surface area contributed by atoms with Gasteiger partial charge in [0.25, 0.3) is 5.91 Å². The summed E-state index contributed by atoms with van der Waals surface area (Å²) in [4.78, 5) is 27.1. The number of carbonyl (C=O) groups is 2. The Bertz CT molecular complexity index is 874. The zero-order valence-electron chi connectivity index (χ0n) is 17.2. The average Bonchev–Trinajstić information content (AvgIpc) is 3.06. The predicted molar refractivity (Wildman–Crippen MR) is 120 cm³/mol. The second-order valence-electron chi connectivity index (χ2n) is 7.28. The van der Waals surface area contributed by atoms with Crippen molar-refractivity contribution in [2.45, 2.75) is 25.7 Å². The van der Waals surface area contributed by atoms with Gasteiger partial charge in [0.15, 0.2) is 0 Å². The molecule has 0 aliphatic carbocycles. The summed E-state index contributed by atoms with van der Waals surface area (Å²) in [5.74, 6) is 0.488. The molecule has 1 aliphatic rings. The summed E-state index contributed by atoms with van der Waals surface area (Å²) in [5.41, 5.74) is 1.95. The van der Waals surface area contributed by atoms with E-state index >= 15 is 0 Å². The van der Waals surface area contributed by atoms with E-state index in [9.17, 15) is 9.59 Å². The van der Waals surface area contributed by atoms with Gasteiger partial charge >= 0.3 is 0 Å². The molecule has 0 aromatic heterocycles. The van der Waals surface area contributed by atoms with E-state index in [1.165, 1.54) is 12.8 Å². The lowest BCUT2D eigenvalue weighted by Gasteiger charge is -2.20. The Labute approximate surface area is 177 Å². The van der Waals surface area contributed by atoms with Gasteiger partial charge in [0.05, 0.1) is 12.2 Å². The molecule has 1 saturated heterocycles. The van der Waals surface area contributed by atoms with Gasteiger partial charge in [0, 0.05) is 24.3 Å². The van der Waals surface area contributed by atoms with Crippen molar-refractivity contribution in [1.82, 2.24) is 4.90 Å². The van der Waals surface area contributed by atoms with Crippen LogP contribution in [0.15, 0.2) is 61.2 Å². The van der Waals surface area contributed by atoms with Crippen LogP contribution in [0, 0.1) is 0 Å². The van der Waals surface area contributed by atoms with Gasteiger partial charge < -0.3 is 20.3 Å². The Balaban J connectivity index is 1.57. The van der Waals surface area contributed by atoms with Crippen LogP contribution in [0.2, 0.25) is 0 Å². The molecule has 0 saturated carbocycles. The highest BCUT2D eigenvalue weighted by molar-refractivity contribution is 5.98. The van der Waals surface area contributed by atoms with Crippen LogP contribution in [0.1, 0.15) is 36.0 Å². The highest BCUT2D eigenvalue weighted by Crippen LogP contribution is 2.23. The Morgan fingerprint density at radius 1 is 1.03 bits per heavy atom. The SMILES string of the molecule is C=CCOc1ccccc1NCC(=O)Nc1cccc(C(=O)N2CCCCCC2)c1. The number of nitrogens with zero attached hydrogens (tertiary/aromatic N) is 1. The van der Waals surface area contributed by atoms with Gasteiger partial charge in [-0.15, -0.1) is 0 Å². The molecule has 3 rings (SSSR count). The minimum Gasteiger partial charge on any atom is -0.487 e. The van der Waals surface area contributed by atoms with Crippen LogP contribution in [0.5, 0.6) is 5.75 Å². The van der Waals surface area contributed by atoms with Crippen LogP contribution < -0.4 is 15.4 Å². The fourth-order valence-corrected chi connectivity index (χ4v) is 3.45. The molecule has 1 fully saturated rings. The van der Waals surface area contributed by atoms with E-state index in [2.05, 4.69) is 17.2 Å². The monoisotopic (exact) mass is 407 g/mol. The molecule has 0 atom stereocenters. The van der Waals surface area contributed by atoms with E-state index in [0.29, 0.717) is 23.6 Å². The van der Waals surface area contributed by atoms with Crippen LogP contribution in [-0.4, -0.2) is 43.0 Å². The Hall–Kier alpha value is -3.28. The number of benzene rings is 2. The van der Waals surface area contributed by atoms with Gasteiger partial charge in [-0.2, -0.15) is 0 Å². The topological polar surface area (TPSA) is 70.7 Å². The first-order chi connectivity index (χ1) is 14.7. The van der Waals surface area contributed by atoms with E-state index in [-0.39, 0.29) is 18.4 Å². The summed E-state index contributed by atoms with van der Waals surface area (Å²) in [7, 11) is 0. The number of anilines is 2. The van der Waals surface area contributed by atoms with Gasteiger partial charge in [0.1, 0.15) is 12.4 Å². The fourth-order valence-electron chi connectivity index (χ4n) is 3.45. The van der Waals surface area contributed by atoms with Crippen molar-refractivity contribution in [2.24, 2.45) is 0 Å². The molecule has 2 aromatic rings. The number of likely N-dealkylation sites (tertiary alicyclic amines) is 1. The minimum absolute atomic E-state index is 0.0272. The molecule has 0 spiro atoms. The molecule has 6 heteroatoms. The number of hydrogen-bond acceptors (Lipinski definition) is 4. The number of rotatable bonds is 8. The predicted octanol–water partition coefficient (Wildman–Crippen LogP) is 4.32. The first-order valence-corrected chi connectivity index (χ1v) is 10.4. The third-order valence-corrected chi connectivity index (χ3v) is 4.97. The highest BCUT2D eigenvalue weighted by Gasteiger charge is 2.17. The molecule has 2 N–H and O–H groups in total. The largest absolute Gasteiger partial charge is 0.487 e. The van der Waals surface area contributed by atoms with Gasteiger partial charge in [0.2, 0.25) is 5.91 Å². The lowest BCUT2D eigenvalue weighted by Crippen LogP contribution is -2.31. The molecule has 1 aliphatic heterocycles. The molecule has 0 unspecified atom stereocenters. The van der Waals surface area contributed by atoms with E-state index < -0.39 is 0 Å². The molecule has 158 valence electrons. The Morgan fingerprint density at radius 3 is 2.57 bits per heavy atom. The minimum atomic E-state index is -0.201. The lowest BCUT2D eigenvalue weighted by atomic mass is 10.1. The summed E-state index contributed by atoms with van der Waals surface area (Å²) >= 11 is 0. The Kier molecular flexibility index (Phi) is 7.89. The van der Waals surface area contributed by atoms with Crippen molar-refractivity contribution in [3.63, 3.8) is 0 Å². The maximum atomic E-state index is 12.8. The lowest BCUT2D eigenvalue weighted by molar-refractivity contribution is -0.114. The summed E-state index contributed by atoms with van der Waals surface area (Å²) in [6, 6.07) is 14.6. The summed E-state index contributed by atoms with van der Waals surface area (Å²) < 4.78 is 5.59. The highest BCUT2D eigenvalue weighted by atomic mass is 16.5. The number of amides is 2. The van der Waals surface area contributed by atoms with Gasteiger partial charge in [-0.05, 0) is 43.2 Å². The van der Waals surface area contributed by atoms with Gasteiger partial charge in [-0.1, -0.05) is 43.7 Å². The summed E-state index contributed by atoms with van der Waals surface area (Å²) in [6.45, 7) is 5.71. The quantitative estimate of drug-likeness (QED) is 0.640. The van der Waals surface area contributed by atoms with Crippen LogP contribution in [0.4, 0.5) is 11.4 Å².